The van der Waals surface area contributed by atoms with Gasteiger partial charge in [0, 0.05) is 27.8 Å². The van der Waals surface area contributed by atoms with Gasteiger partial charge < -0.3 is 10.1 Å². The van der Waals surface area contributed by atoms with Crippen LogP contribution in [0.15, 0.2) is 15.9 Å². The first kappa shape index (κ1) is 14.4. The molecular formula is C14H20BrNOS2. The zero-order chi connectivity index (χ0) is 13.3. The number of nitrogens with one attached hydrogen (secondary N) is 1. The Balaban J connectivity index is 1.78. The number of thioether (sulfide) groups is 1. The molecule has 3 atom stereocenters. The number of ether oxygens (including phenoxy) is 1. The molecule has 0 radical (unpaired) electrons. The van der Waals surface area contributed by atoms with E-state index >= 15 is 0 Å². The Labute approximate surface area is 131 Å². The van der Waals surface area contributed by atoms with Gasteiger partial charge in [0.05, 0.1) is 5.60 Å². The Morgan fingerprint density at radius 2 is 2.47 bits per heavy atom. The van der Waals surface area contributed by atoms with E-state index in [9.17, 15) is 0 Å². The van der Waals surface area contributed by atoms with Crippen LogP contribution in [0.3, 0.4) is 0 Å². The predicted octanol–water partition coefficient (Wildman–Crippen LogP) is 4.07. The van der Waals surface area contributed by atoms with Gasteiger partial charge in [-0.1, -0.05) is 0 Å². The lowest BCUT2D eigenvalue weighted by atomic mass is 9.81. The summed E-state index contributed by atoms with van der Waals surface area (Å²) < 4.78 is 7.39. The first-order valence-corrected chi connectivity index (χ1v) is 9.69. The van der Waals surface area contributed by atoms with Crippen molar-refractivity contribution in [1.82, 2.24) is 5.32 Å². The zero-order valence-corrected chi connectivity index (χ0v) is 14.4. The minimum absolute atomic E-state index is 0.173. The van der Waals surface area contributed by atoms with Gasteiger partial charge in [-0.3, -0.25) is 0 Å². The molecule has 1 aromatic rings. The molecule has 3 heterocycles. The SMILES string of the molecule is CNC(c1sccc1Br)C1CCOC2(CCSC2)C1. The molecular weight excluding hydrogens is 342 g/mol. The summed E-state index contributed by atoms with van der Waals surface area (Å²) in [4.78, 5) is 1.44. The highest BCUT2D eigenvalue weighted by Gasteiger charge is 2.42. The lowest BCUT2D eigenvalue weighted by Crippen LogP contribution is -2.43. The molecule has 0 amide bonds. The maximum atomic E-state index is 6.14. The fourth-order valence-electron chi connectivity index (χ4n) is 3.32. The largest absolute Gasteiger partial charge is 0.374 e. The standard InChI is InChI=1S/C14H20BrNOS2/c1-16-12(13-11(15)3-6-19-13)10-2-5-17-14(8-10)4-7-18-9-14/h3,6,10,12,16H,2,4-5,7-9H2,1H3. The molecule has 1 spiro atoms. The number of hydrogen-bond acceptors (Lipinski definition) is 4. The van der Waals surface area contributed by atoms with Crippen LogP contribution in [-0.2, 0) is 4.74 Å². The van der Waals surface area contributed by atoms with Crippen molar-refractivity contribution in [3.63, 3.8) is 0 Å². The van der Waals surface area contributed by atoms with E-state index in [1.165, 1.54) is 40.1 Å². The highest BCUT2D eigenvalue weighted by Crippen LogP contribution is 2.45. The summed E-state index contributed by atoms with van der Waals surface area (Å²) in [7, 11) is 2.09. The van der Waals surface area contributed by atoms with Crippen molar-refractivity contribution in [3.05, 3.63) is 20.8 Å². The fraction of sp³-hybridized carbons (Fsp3) is 0.714. The van der Waals surface area contributed by atoms with E-state index in [0.29, 0.717) is 12.0 Å². The number of hydrogen-bond donors (Lipinski definition) is 1. The van der Waals surface area contributed by atoms with Crippen molar-refractivity contribution in [2.24, 2.45) is 5.92 Å². The molecule has 0 saturated carbocycles. The van der Waals surface area contributed by atoms with Crippen LogP contribution in [0.5, 0.6) is 0 Å². The Morgan fingerprint density at radius 3 is 3.11 bits per heavy atom. The molecule has 1 N–H and O–H groups in total. The van der Waals surface area contributed by atoms with Crippen molar-refractivity contribution >= 4 is 39.0 Å². The number of rotatable bonds is 3. The van der Waals surface area contributed by atoms with Crippen LogP contribution in [0.25, 0.3) is 0 Å². The second-order valence-corrected chi connectivity index (χ2v) is 8.39. The topological polar surface area (TPSA) is 21.3 Å². The molecule has 106 valence electrons. The third kappa shape index (κ3) is 2.91. The molecule has 5 heteroatoms. The van der Waals surface area contributed by atoms with Crippen molar-refractivity contribution in [1.29, 1.82) is 0 Å². The lowest BCUT2D eigenvalue weighted by molar-refractivity contribution is -0.0849. The summed E-state index contributed by atoms with van der Waals surface area (Å²) in [6.07, 6.45) is 3.61. The minimum Gasteiger partial charge on any atom is -0.374 e. The van der Waals surface area contributed by atoms with Crippen LogP contribution >= 0.6 is 39.0 Å². The van der Waals surface area contributed by atoms with Crippen LogP contribution in [0, 0.1) is 5.92 Å². The van der Waals surface area contributed by atoms with Crippen LogP contribution in [0.1, 0.15) is 30.2 Å². The summed E-state index contributed by atoms with van der Waals surface area (Å²) in [5.41, 5.74) is 0.173. The molecule has 0 bridgehead atoms. The van der Waals surface area contributed by atoms with Crippen molar-refractivity contribution in [3.8, 4) is 0 Å². The van der Waals surface area contributed by atoms with Gasteiger partial charge in [0.25, 0.3) is 0 Å². The molecule has 0 aliphatic carbocycles. The summed E-state index contributed by atoms with van der Waals surface area (Å²) >= 11 is 7.59. The maximum absolute atomic E-state index is 6.14. The minimum atomic E-state index is 0.173. The van der Waals surface area contributed by atoms with Crippen molar-refractivity contribution in [2.75, 3.05) is 25.2 Å². The highest BCUT2D eigenvalue weighted by atomic mass is 79.9. The molecule has 2 fully saturated rings. The molecule has 2 aliphatic rings. The summed E-state index contributed by atoms with van der Waals surface area (Å²) in [6.45, 7) is 0.923. The van der Waals surface area contributed by atoms with Crippen LogP contribution in [-0.4, -0.2) is 30.8 Å². The Bertz CT molecular complexity index is 431. The first-order valence-electron chi connectivity index (χ1n) is 6.86. The van der Waals surface area contributed by atoms with E-state index in [0.717, 1.165) is 6.61 Å². The predicted molar refractivity (Wildman–Crippen MR) is 87.2 cm³/mol. The molecule has 3 unspecified atom stereocenters. The normalized spacial score (nSPS) is 32.8. The molecule has 3 rings (SSSR count). The van der Waals surface area contributed by atoms with E-state index < -0.39 is 0 Å². The second-order valence-electron chi connectivity index (χ2n) is 5.49. The van der Waals surface area contributed by atoms with Crippen molar-refractivity contribution < 1.29 is 4.74 Å². The number of halogens is 1. The average Bonchev–Trinajstić information content (AvgIpc) is 3.02. The van der Waals surface area contributed by atoms with Gasteiger partial charge in [-0.25, -0.2) is 0 Å². The van der Waals surface area contributed by atoms with E-state index in [1.807, 2.05) is 23.1 Å². The van der Waals surface area contributed by atoms with Gasteiger partial charge in [-0.15, -0.1) is 11.3 Å². The van der Waals surface area contributed by atoms with Gasteiger partial charge in [0.2, 0.25) is 0 Å². The molecule has 2 nitrogen and oxygen atoms in total. The maximum Gasteiger partial charge on any atom is 0.0783 e. The Morgan fingerprint density at radius 1 is 1.58 bits per heavy atom. The quantitative estimate of drug-likeness (QED) is 0.876. The average molecular weight is 362 g/mol. The Hall–Kier alpha value is 0.450. The summed E-state index contributed by atoms with van der Waals surface area (Å²) in [6, 6.07) is 2.62. The van der Waals surface area contributed by atoms with Crippen LogP contribution < -0.4 is 5.32 Å². The van der Waals surface area contributed by atoms with Gasteiger partial charge >= 0.3 is 0 Å². The molecule has 2 saturated heterocycles. The van der Waals surface area contributed by atoms with Gasteiger partial charge in [0.15, 0.2) is 0 Å². The van der Waals surface area contributed by atoms with E-state index in [2.05, 4.69) is 39.7 Å². The molecule has 1 aromatic heterocycles. The van der Waals surface area contributed by atoms with E-state index in [-0.39, 0.29) is 5.60 Å². The number of thiophene rings is 1. The first-order chi connectivity index (χ1) is 9.24. The third-order valence-electron chi connectivity index (χ3n) is 4.31. The Kier molecular flexibility index (Phi) is 4.59. The second kappa shape index (κ2) is 6.06. The third-order valence-corrected chi connectivity index (χ3v) is 7.48. The summed E-state index contributed by atoms with van der Waals surface area (Å²) in [5, 5.41) is 5.71. The molecule has 2 aliphatic heterocycles. The van der Waals surface area contributed by atoms with Gasteiger partial charge in [-0.05, 0) is 65.4 Å². The zero-order valence-electron chi connectivity index (χ0n) is 11.2. The fourth-order valence-corrected chi connectivity index (χ4v) is 6.52. The van der Waals surface area contributed by atoms with E-state index in [4.69, 9.17) is 4.74 Å². The van der Waals surface area contributed by atoms with Crippen LogP contribution in [0.2, 0.25) is 0 Å². The highest BCUT2D eigenvalue weighted by molar-refractivity contribution is 9.10. The van der Waals surface area contributed by atoms with Crippen LogP contribution in [0.4, 0.5) is 0 Å². The molecule has 0 aromatic carbocycles. The molecule has 19 heavy (non-hydrogen) atoms. The van der Waals surface area contributed by atoms with Crippen molar-refractivity contribution in [2.45, 2.75) is 30.9 Å². The lowest BCUT2D eigenvalue weighted by Gasteiger charge is -2.40. The smallest absolute Gasteiger partial charge is 0.0783 e. The summed E-state index contributed by atoms with van der Waals surface area (Å²) in [5.74, 6) is 3.14. The van der Waals surface area contributed by atoms with E-state index in [1.54, 1.807) is 0 Å². The van der Waals surface area contributed by atoms with Gasteiger partial charge in [0.1, 0.15) is 0 Å². The monoisotopic (exact) mass is 361 g/mol. The van der Waals surface area contributed by atoms with Gasteiger partial charge in [-0.2, -0.15) is 11.8 Å².